The van der Waals surface area contributed by atoms with E-state index in [9.17, 15) is 8.78 Å². The van der Waals surface area contributed by atoms with E-state index in [1.807, 2.05) is 0 Å². The molecule has 0 heterocycles. The Balaban J connectivity index is 2.06. The second-order valence-corrected chi connectivity index (χ2v) is 4.81. The Hall–Kier alpha value is -1.36. The molecule has 106 valence electrons. The standard InChI is InChI=1S/C14H19F2NO2/c15-14(16)19-12-6-5-10(2-1-7-17)8-13(12)18-9-11-3-4-11/h5-6,8,11,14H,1-4,7,9,17H2. The Labute approximate surface area is 111 Å². The molecule has 1 aromatic rings. The van der Waals surface area contributed by atoms with E-state index in [4.69, 9.17) is 10.5 Å². The zero-order valence-corrected chi connectivity index (χ0v) is 10.8. The highest BCUT2D eigenvalue weighted by molar-refractivity contribution is 5.43. The van der Waals surface area contributed by atoms with Crippen LogP contribution in [0.25, 0.3) is 0 Å². The molecule has 5 heteroatoms. The van der Waals surface area contributed by atoms with E-state index in [1.165, 1.54) is 0 Å². The molecule has 0 bridgehead atoms. The molecule has 1 aliphatic rings. The first kappa shape index (κ1) is 14.1. The molecule has 0 spiro atoms. The van der Waals surface area contributed by atoms with E-state index in [0.29, 0.717) is 24.8 Å². The maximum atomic E-state index is 12.3. The van der Waals surface area contributed by atoms with Crippen molar-refractivity contribution in [2.45, 2.75) is 32.3 Å². The van der Waals surface area contributed by atoms with Gasteiger partial charge in [-0.2, -0.15) is 8.78 Å². The summed E-state index contributed by atoms with van der Waals surface area (Å²) in [5, 5.41) is 0. The van der Waals surface area contributed by atoms with Crippen molar-refractivity contribution < 1.29 is 18.3 Å². The first-order valence-corrected chi connectivity index (χ1v) is 6.59. The van der Waals surface area contributed by atoms with Crippen molar-refractivity contribution in [2.75, 3.05) is 13.2 Å². The lowest BCUT2D eigenvalue weighted by atomic mass is 10.1. The third-order valence-electron chi connectivity index (χ3n) is 3.07. The molecule has 0 amide bonds. The zero-order valence-electron chi connectivity index (χ0n) is 10.8. The normalized spacial score (nSPS) is 14.7. The summed E-state index contributed by atoms with van der Waals surface area (Å²) in [6.45, 7) is -1.66. The lowest BCUT2D eigenvalue weighted by Gasteiger charge is -2.13. The van der Waals surface area contributed by atoms with Crippen LogP contribution in [0.4, 0.5) is 8.78 Å². The molecule has 1 fully saturated rings. The molecule has 3 nitrogen and oxygen atoms in total. The summed E-state index contributed by atoms with van der Waals surface area (Å²) < 4.78 is 34.7. The van der Waals surface area contributed by atoms with Crippen molar-refractivity contribution in [1.82, 2.24) is 0 Å². The molecule has 0 unspecified atom stereocenters. The minimum Gasteiger partial charge on any atom is -0.489 e. The van der Waals surface area contributed by atoms with Gasteiger partial charge in [0.1, 0.15) is 0 Å². The number of alkyl halides is 2. The molecule has 0 radical (unpaired) electrons. The highest BCUT2D eigenvalue weighted by atomic mass is 19.3. The van der Waals surface area contributed by atoms with E-state index in [2.05, 4.69) is 4.74 Å². The number of rotatable bonds is 8. The predicted octanol–water partition coefficient (Wildman–Crippen LogP) is 2.97. The largest absolute Gasteiger partial charge is 0.489 e. The van der Waals surface area contributed by atoms with Crippen LogP contribution in [0.15, 0.2) is 18.2 Å². The zero-order chi connectivity index (χ0) is 13.7. The highest BCUT2D eigenvalue weighted by Crippen LogP contribution is 2.34. The van der Waals surface area contributed by atoms with Gasteiger partial charge in [0.25, 0.3) is 0 Å². The van der Waals surface area contributed by atoms with Gasteiger partial charge >= 0.3 is 6.61 Å². The lowest BCUT2D eigenvalue weighted by molar-refractivity contribution is -0.0515. The second-order valence-electron chi connectivity index (χ2n) is 4.81. The summed E-state index contributed by atoms with van der Waals surface area (Å²) in [5.74, 6) is 1.07. The average Bonchev–Trinajstić information content (AvgIpc) is 3.19. The minimum atomic E-state index is -2.84. The summed E-state index contributed by atoms with van der Waals surface area (Å²) in [5.41, 5.74) is 6.49. The van der Waals surface area contributed by atoms with Crippen molar-refractivity contribution in [3.05, 3.63) is 23.8 Å². The smallest absolute Gasteiger partial charge is 0.387 e. The molecule has 1 aliphatic carbocycles. The van der Waals surface area contributed by atoms with E-state index in [0.717, 1.165) is 31.2 Å². The number of ether oxygens (including phenoxy) is 2. The van der Waals surface area contributed by atoms with Gasteiger partial charge in [0.2, 0.25) is 0 Å². The van der Waals surface area contributed by atoms with Gasteiger partial charge in [0, 0.05) is 0 Å². The number of benzene rings is 1. The van der Waals surface area contributed by atoms with Gasteiger partial charge < -0.3 is 15.2 Å². The predicted molar refractivity (Wildman–Crippen MR) is 68.7 cm³/mol. The molecular formula is C14H19F2NO2. The molecule has 19 heavy (non-hydrogen) atoms. The van der Waals surface area contributed by atoms with E-state index < -0.39 is 6.61 Å². The van der Waals surface area contributed by atoms with Gasteiger partial charge in [0.15, 0.2) is 11.5 Å². The SMILES string of the molecule is NCCCc1ccc(OC(F)F)c(OCC2CC2)c1. The third kappa shape index (κ3) is 4.67. The van der Waals surface area contributed by atoms with Crippen LogP contribution in [0.5, 0.6) is 11.5 Å². The molecule has 1 aromatic carbocycles. The molecule has 0 atom stereocenters. The molecule has 2 rings (SSSR count). The van der Waals surface area contributed by atoms with Crippen molar-refractivity contribution in [3.8, 4) is 11.5 Å². The summed E-state index contributed by atoms with van der Waals surface area (Å²) in [4.78, 5) is 0. The van der Waals surface area contributed by atoms with Gasteiger partial charge in [-0.3, -0.25) is 0 Å². The van der Waals surface area contributed by atoms with Crippen molar-refractivity contribution in [1.29, 1.82) is 0 Å². The number of nitrogens with two attached hydrogens (primary N) is 1. The van der Waals surface area contributed by atoms with Crippen LogP contribution >= 0.6 is 0 Å². The molecule has 2 N–H and O–H groups in total. The fourth-order valence-corrected chi connectivity index (χ4v) is 1.81. The van der Waals surface area contributed by atoms with Crippen LogP contribution in [-0.2, 0) is 6.42 Å². The topological polar surface area (TPSA) is 44.5 Å². The monoisotopic (exact) mass is 271 g/mol. The number of halogens is 2. The van der Waals surface area contributed by atoms with Crippen LogP contribution in [0.2, 0.25) is 0 Å². The molecule has 0 aromatic heterocycles. The van der Waals surface area contributed by atoms with Crippen LogP contribution < -0.4 is 15.2 Å². The summed E-state index contributed by atoms with van der Waals surface area (Å²) in [7, 11) is 0. The second kappa shape index (κ2) is 6.70. The Morgan fingerprint density at radius 3 is 2.68 bits per heavy atom. The molecule has 0 aliphatic heterocycles. The van der Waals surface area contributed by atoms with Gasteiger partial charge in [-0.1, -0.05) is 6.07 Å². The van der Waals surface area contributed by atoms with Crippen molar-refractivity contribution in [3.63, 3.8) is 0 Å². The van der Waals surface area contributed by atoms with Gasteiger partial charge in [-0.25, -0.2) is 0 Å². The van der Waals surface area contributed by atoms with Crippen LogP contribution in [-0.4, -0.2) is 19.8 Å². The Morgan fingerprint density at radius 1 is 1.26 bits per heavy atom. The van der Waals surface area contributed by atoms with Gasteiger partial charge in [-0.15, -0.1) is 0 Å². The Bertz CT molecular complexity index is 408. The maximum Gasteiger partial charge on any atom is 0.387 e. The number of hydrogen-bond donors (Lipinski definition) is 1. The highest BCUT2D eigenvalue weighted by Gasteiger charge is 2.23. The lowest BCUT2D eigenvalue weighted by Crippen LogP contribution is -2.07. The maximum absolute atomic E-state index is 12.3. The minimum absolute atomic E-state index is 0.104. The molecular weight excluding hydrogens is 252 g/mol. The summed E-state index contributed by atoms with van der Waals surface area (Å²) in [6.07, 6.45) is 3.97. The van der Waals surface area contributed by atoms with Gasteiger partial charge in [-0.05, 0) is 55.8 Å². The third-order valence-corrected chi connectivity index (χ3v) is 3.07. The number of hydrogen-bond acceptors (Lipinski definition) is 3. The van der Waals surface area contributed by atoms with Gasteiger partial charge in [0.05, 0.1) is 6.61 Å². The van der Waals surface area contributed by atoms with E-state index in [1.54, 1.807) is 18.2 Å². The first-order valence-electron chi connectivity index (χ1n) is 6.59. The fraction of sp³-hybridized carbons (Fsp3) is 0.571. The summed E-state index contributed by atoms with van der Waals surface area (Å²) >= 11 is 0. The molecule has 1 saturated carbocycles. The van der Waals surface area contributed by atoms with Crippen LogP contribution in [0, 0.1) is 5.92 Å². The van der Waals surface area contributed by atoms with Crippen molar-refractivity contribution in [2.24, 2.45) is 11.7 Å². The Morgan fingerprint density at radius 2 is 2.05 bits per heavy atom. The first-order chi connectivity index (χ1) is 9.19. The average molecular weight is 271 g/mol. The Kier molecular flexibility index (Phi) is 4.96. The van der Waals surface area contributed by atoms with E-state index >= 15 is 0 Å². The quantitative estimate of drug-likeness (QED) is 0.790. The number of aryl methyl sites for hydroxylation is 1. The summed E-state index contributed by atoms with van der Waals surface area (Å²) in [6, 6.07) is 5.09. The van der Waals surface area contributed by atoms with E-state index in [-0.39, 0.29) is 5.75 Å². The van der Waals surface area contributed by atoms with Crippen LogP contribution in [0.3, 0.4) is 0 Å². The van der Waals surface area contributed by atoms with Crippen molar-refractivity contribution >= 4 is 0 Å². The van der Waals surface area contributed by atoms with Crippen LogP contribution in [0.1, 0.15) is 24.8 Å². The molecule has 0 saturated heterocycles. The fourth-order valence-electron chi connectivity index (χ4n) is 1.81.